The predicted molar refractivity (Wildman–Crippen MR) is 107 cm³/mol. The molecule has 1 N–H and O–H groups in total. The third kappa shape index (κ3) is 4.46. The number of nitrogens with zero attached hydrogens (tertiary/aromatic N) is 2. The first-order chi connectivity index (χ1) is 12.8. The van der Waals surface area contributed by atoms with Gasteiger partial charge in [-0.25, -0.2) is 13.8 Å². The summed E-state index contributed by atoms with van der Waals surface area (Å²) < 4.78 is 28.3. The van der Waals surface area contributed by atoms with Gasteiger partial charge >= 0.3 is 0 Å². The molecule has 0 radical (unpaired) electrons. The number of para-hydroxylation sites is 1. The minimum atomic E-state index is -2.67. The Morgan fingerprint density at radius 3 is 2.59 bits per heavy atom. The van der Waals surface area contributed by atoms with Gasteiger partial charge in [-0.05, 0) is 53.9 Å². The Morgan fingerprint density at radius 1 is 1.19 bits per heavy atom. The molecule has 0 aliphatic carbocycles. The molecule has 0 bridgehead atoms. The summed E-state index contributed by atoms with van der Waals surface area (Å²) in [5.41, 5.74) is 2.57. The summed E-state index contributed by atoms with van der Waals surface area (Å²) >= 11 is 3.49. The maximum Gasteiger partial charge on any atom is 0.259 e. The highest BCUT2D eigenvalue weighted by atomic mass is 79.9. The Kier molecular flexibility index (Phi) is 5.79. The molecule has 27 heavy (non-hydrogen) atoms. The highest BCUT2D eigenvalue weighted by molar-refractivity contribution is 9.10. The van der Waals surface area contributed by atoms with Crippen molar-refractivity contribution in [3.8, 4) is 0 Å². The zero-order valence-electron chi connectivity index (χ0n) is 15.4. The second-order valence-electron chi connectivity index (χ2n) is 6.85. The Hall–Kier alpha value is -2.02. The first kappa shape index (κ1) is 19.7. The molecule has 1 saturated heterocycles. The topological polar surface area (TPSA) is 45.2 Å². The van der Waals surface area contributed by atoms with Gasteiger partial charge in [-0.3, -0.25) is 4.79 Å². The minimum absolute atomic E-state index is 0.135. The smallest absolute Gasteiger partial charge is 0.259 e. The standard InChI is InChI=1S/C20H22BrF2N3O/c1-13-16(19(27)25-15-7-4-3-5-8-15)18(24-14(2)17(13)21)26-11-6-9-20(22,23)10-12-26/h3-5,7-8H,6,9-12H2,1-2H3,(H,25,27). The molecular formula is C20H22BrF2N3O. The molecule has 1 aliphatic heterocycles. The number of nitrogens with one attached hydrogen (secondary N) is 1. The average Bonchev–Trinajstić information content (AvgIpc) is 2.80. The van der Waals surface area contributed by atoms with Crippen LogP contribution in [0.1, 0.15) is 40.9 Å². The Bertz CT molecular complexity index is 843. The van der Waals surface area contributed by atoms with Crippen LogP contribution in [0.25, 0.3) is 0 Å². The molecule has 0 unspecified atom stereocenters. The number of rotatable bonds is 3. The first-order valence-corrected chi connectivity index (χ1v) is 9.74. The van der Waals surface area contributed by atoms with Gasteiger partial charge in [0.05, 0.1) is 11.3 Å². The molecule has 7 heteroatoms. The lowest BCUT2D eigenvalue weighted by Gasteiger charge is -2.26. The number of anilines is 2. The molecule has 144 valence electrons. The zero-order chi connectivity index (χ0) is 19.6. The fraction of sp³-hybridized carbons (Fsp3) is 0.400. The molecule has 0 saturated carbocycles. The summed E-state index contributed by atoms with van der Waals surface area (Å²) in [5, 5.41) is 2.88. The number of hydrogen-bond donors (Lipinski definition) is 1. The Balaban J connectivity index is 1.99. The number of halogens is 3. The molecule has 0 atom stereocenters. The zero-order valence-corrected chi connectivity index (χ0v) is 16.9. The average molecular weight is 438 g/mol. The number of aryl methyl sites for hydroxylation is 1. The van der Waals surface area contributed by atoms with Gasteiger partial charge < -0.3 is 10.2 Å². The van der Waals surface area contributed by atoms with Crippen molar-refractivity contribution in [3.63, 3.8) is 0 Å². The van der Waals surface area contributed by atoms with Crippen molar-refractivity contribution >= 4 is 33.3 Å². The second kappa shape index (κ2) is 7.92. The van der Waals surface area contributed by atoms with Crippen LogP contribution in [0.15, 0.2) is 34.8 Å². The molecule has 2 aromatic rings. The monoisotopic (exact) mass is 437 g/mol. The van der Waals surface area contributed by atoms with E-state index in [0.29, 0.717) is 30.0 Å². The third-order valence-electron chi connectivity index (χ3n) is 4.80. The first-order valence-electron chi connectivity index (χ1n) is 8.94. The molecule has 1 aliphatic rings. The van der Waals surface area contributed by atoms with E-state index in [0.717, 1.165) is 15.7 Å². The number of amides is 1. The Morgan fingerprint density at radius 2 is 1.89 bits per heavy atom. The van der Waals surface area contributed by atoms with Crippen LogP contribution in [-0.2, 0) is 0 Å². The van der Waals surface area contributed by atoms with Crippen molar-refractivity contribution in [3.05, 3.63) is 51.6 Å². The number of hydrogen-bond acceptors (Lipinski definition) is 3. The second-order valence-corrected chi connectivity index (χ2v) is 7.64. The highest BCUT2D eigenvalue weighted by Crippen LogP contribution is 2.34. The molecular weight excluding hydrogens is 416 g/mol. The van der Waals surface area contributed by atoms with Crippen molar-refractivity contribution < 1.29 is 13.6 Å². The van der Waals surface area contributed by atoms with E-state index in [2.05, 4.69) is 26.2 Å². The fourth-order valence-corrected chi connectivity index (χ4v) is 3.59. The lowest BCUT2D eigenvalue weighted by Crippen LogP contribution is -2.30. The maximum atomic E-state index is 13.8. The van der Waals surface area contributed by atoms with Crippen molar-refractivity contribution in [1.29, 1.82) is 0 Å². The lowest BCUT2D eigenvalue weighted by atomic mass is 10.1. The molecule has 0 spiro atoms. The molecule has 2 heterocycles. The van der Waals surface area contributed by atoms with Crippen LogP contribution in [0.3, 0.4) is 0 Å². The lowest BCUT2D eigenvalue weighted by molar-refractivity contribution is -0.0102. The number of pyridine rings is 1. The molecule has 1 fully saturated rings. The summed E-state index contributed by atoms with van der Waals surface area (Å²) in [7, 11) is 0. The van der Waals surface area contributed by atoms with Crippen molar-refractivity contribution in [2.24, 2.45) is 0 Å². The minimum Gasteiger partial charge on any atom is -0.356 e. The van der Waals surface area contributed by atoms with Crippen molar-refractivity contribution in [2.75, 3.05) is 23.3 Å². The molecule has 1 aromatic heterocycles. The number of benzene rings is 1. The van der Waals surface area contributed by atoms with Crippen LogP contribution in [0.4, 0.5) is 20.3 Å². The van der Waals surface area contributed by atoms with Crippen molar-refractivity contribution in [1.82, 2.24) is 4.98 Å². The Labute approximate surface area is 166 Å². The summed E-state index contributed by atoms with van der Waals surface area (Å²) in [6.45, 7) is 4.31. The van der Waals surface area contributed by atoms with E-state index >= 15 is 0 Å². The van der Waals surface area contributed by atoms with E-state index < -0.39 is 5.92 Å². The van der Waals surface area contributed by atoms with Crippen LogP contribution in [0.5, 0.6) is 0 Å². The van der Waals surface area contributed by atoms with Gasteiger partial charge in [0.2, 0.25) is 5.92 Å². The van der Waals surface area contributed by atoms with E-state index in [-0.39, 0.29) is 25.3 Å². The number of aromatic nitrogens is 1. The summed E-state index contributed by atoms with van der Waals surface area (Å²) in [5.74, 6) is -2.49. The van der Waals surface area contributed by atoms with Gasteiger partial charge in [-0.15, -0.1) is 0 Å². The van der Waals surface area contributed by atoms with Crippen molar-refractivity contribution in [2.45, 2.75) is 39.0 Å². The number of carbonyl (C=O) groups excluding carboxylic acids is 1. The van der Waals surface area contributed by atoms with E-state index in [4.69, 9.17) is 0 Å². The molecule has 1 aromatic carbocycles. The van der Waals surface area contributed by atoms with Gasteiger partial charge in [-0.1, -0.05) is 18.2 Å². The van der Waals surface area contributed by atoms with Crippen LogP contribution >= 0.6 is 15.9 Å². The molecule has 4 nitrogen and oxygen atoms in total. The quantitative estimate of drug-likeness (QED) is 0.704. The van der Waals surface area contributed by atoms with Crippen LogP contribution in [0, 0.1) is 13.8 Å². The summed E-state index contributed by atoms with van der Waals surface area (Å²) in [4.78, 5) is 19.4. The van der Waals surface area contributed by atoms with Gasteiger partial charge in [0.1, 0.15) is 5.82 Å². The number of alkyl halides is 2. The maximum absolute atomic E-state index is 13.8. The summed E-state index contributed by atoms with van der Waals surface area (Å²) in [6.07, 6.45) is -0.00525. The normalized spacial score (nSPS) is 16.7. The van der Waals surface area contributed by atoms with Gasteiger partial charge in [0, 0.05) is 36.1 Å². The van der Waals surface area contributed by atoms with E-state index in [1.54, 1.807) is 12.1 Å². The SMILES string of the molecule is Cc1nc(N2CCCC(F)(F)CC2)c(C(=O)Nc2ccccc2)c(C)c1Br. The van der Waals surface area contributed by atoms with Gasteiger partial charge in [-0.2, -0.15) is 0 Å². The largest absolute Gasteiger partial charge is 0.356 e. The highest BCUT2D eigenvalue weighted by Gasteiger charge is 2.33. The fourth-order valence-electron chi connectivity index (χ4n) is 3.30. The van der Waals surface area contributed by atoms with Crippen LogP contribution in [-0.4, -0.2) is 29.9 Å². The van der Waals surface area contributed by atoms with E-state index in [1.807, 2.05) is 36.9 Å². The van der Waals surface area contributed by atoms with Gasteiger partial charge in [0.25, 0.3) is 5.91 Å². The van der Waals surface area contributed by atoms with Crippen LogP contribution < -0.4 is 10.2 Å². The molecule has 1 amide bonds. The molecule has 3 rings (SSSR count). The van der Waals surface area contributed by atoms with Gasteiger partial charge in [0.15, 0.2) is 0 Å². The summed E-state index contributed by atoms with van der Waals surface area (Å²) in [6, 6.07) is 9.15. The van der Waals surface area contributed by atoms with E-state index in [9.17, 15) is 13.6 Å². The van der Waals surface area contributed by atoms with E-state index in [1.165, 1.54) is 0 Å². The number of carbonyl (C=O) groups is 1. The van der Waals surface area contributed by atoms with Crippen LogP contribution in [0.2, 0.25) is 0 Å². The third-order valence-corrected chi connectivity index (χ3v) is 5.96. The predicted octanol–water partition coefficient (Wildman–Crippen LogP) is 5.34.